The summed E-state index contributed by atoms with van der Waals surface area (Å²) in [4.78, 5) is 0. The highest BCUT2D eigenvalue weighted by Crippen LogP contribution is 2.54. The topological polar surface area (TPSA) is 44.5 Å². The van der Waals surface area contributed by atoms with Crippen LogP contribution in [0.1, 0.15) is 45.6 Å². The van der Waals surface area contributed by atoms with E-state index in [1.807, 2.05) is 6.07 Å². The monoisotopic (exact) mass is 277 g/mol. The Morgan fingerprint density at radius 3 is 2.35 bits per heavy atom. The first-order valence-corrected chi connectivity index (χ1v) is 7.75. The normalized spacial score (nSPS) is 24.5. The number of hydrogen-bond acceptors (Lipinski definition) is 3. The lowest BCUT2D eigenvalue weighted by molar-refractivity contribution is 0.268. The van der Waals surface area contributed by atoms with Crippen LogP contribution < -0.4 is 15.2 Å². The maximum atomic E-state index is 5.86. The van der Waals surface area contributed by atoms with Crippen LogP contribution in [-0.2, 0) is 5.41 Å². The van der Waals surface area contributed by atoms with E-state index in [9.17, 15) is 0 Å². The van der Waals surface area contributed by atoms with Crippen LogP contribution in [0.2, 0.25) is 0 Å². The minimum absolute atomic E-state index is 0.225. The fraction of sp³-hybridized carbons (Fsp3) is 0.647. The number of hydrogen-bond donors (Lipinski definition) is 1. The molecule has 1 aliphatic carbocycles. The summed E-state index contributed by atoms with van der Waals surface area (Å²) in [6.45, 7) is 8.72. The molecule has 1 aliphatic rings. The average molecular weight is 277 g/mol. The van der Waals surface area contributed by atoms with Crippen LogP contribution in [0, 0.1) is 5.92 Å². The van der Waals surface area contributed by atoms with Gasteiger partial charge in [-0.3, -0.25) is 0 Å². The van der Waals surface area contributed by atoms with Gasteiger partial charge in [0, 0.05) is 0 Å². The zero-order valence-electron chi connectivity index (χ0n) is 12.9. The number of nitrogens with two attached hydrogens (primary N) is 1. The molecule has 2 rings (SSSR count). The third-order valence-electron chi connectivity index (χ3n) is 4.22. The molecule has 112 valence electrons. The van der Waals surface area contributed by atoms with Crippen molar-refractivity contribution in [3.05, 3.63) is 23.8 Å². The number of rotatable bonds is 8. The Kier molecular flexibility index (Phi) is 4.92. The Bertz CT molecular complexity index is 447. The van der Waals surface area contributed by atoms with E-state index >= 15 is 0 Å². The standard InChI is InChI=1S/C17H27NO2/c1-4-8-19-15-7-6-13(10-16(15)20-9-5-2)17(3)11-14(17)12-18/h6-7,10,14H,4-5,8-9,11-12,18H2,1-3H3. The molecule has 3 heteroatoms. The molecule has 0 heterocycles. The fourth-order valence-corrected chi connectivity index (χ4v) is 2.67. The van der Waals surface area contributed by atoms with Gasteiger partial charge in [0.15, 0.2) is 11.5 Å². The highest BCUT2D eigenvalue weighted by molar-refractivity contribution is 5.47. The molecule has 1 aromatic carbocycles. The maximum absolute atomic E-state index is 5.86. The van der Waals surface area contributed by atoms with Gasteiger partial charge in [0.05, 0.1) is 13.2 Å². The van der Waals surface area contributed by atoms with Gasteiger partial charge in [0.2, 0.25) is 0 Å². The fourth-order valence-electron chi connectivity index (χ4n) is 2.67. The molecule has 2 N–H and O–H groups in total. The zero-order valence-corrected chi connectivity index (χ0v) is 12.9. The van der Waals surface area contributed by atoms with E-state index < -0.39 is 0 Å². The molecule has 0 amide bonds. The first-order chi connectivity index (χ1) is 9.65. The Balaban J connectivity index is 2.19. The molecule has 1 fully saturated rings. The second-order valence-electron chi connectivity index (χ2n) is 5.91. The van der Waals surface area contributed by atoms with Crippen molar-refractivity contribution in [1.82, 2.24) is 0 Å². The molecule has 0 spiro atoms. The number of benzene rings is 1. The first kappa shape index (κ1) is 15.2. The van der Waals surface area contributed by atoms with E-state index in [-0.39, 0.29) is 5.41 Å². The van der Waals surface area contributed by atoms with Crippen molar-refractivity contribution in [3.8, 4) is 11.5 Å². The molecule has 0 aliphatic heterocycles. The van der Waals surface area contributed by atoms with Gasteiger partial charge < -0.3 is 15.2 Å². The zero-order chi connectivity index (χ0) is 14.6. The van der Waals surface area contributed by atoms with Crippen molar-refractivity contribution in [2.45, 2.75) is 45.4 Å². The van der Waals surface area contributed by atoms with Crippen molar-refractivity contribution in [2.24, 2.45) is 11.7 Å². The SMILES string of the molecule is CCCOc1ccc(C2(C)CC2CN)cc1OCCC. The minimum atomic E-state index is 0.225. The van der Waals surface area contributed by atoms with Crippen molar-refractivity contribution in [3.63, 3.8) is 0 Å². The van der Waals surface area contributed by atoms with E-state index in [4.69, 9.17) is 15.2 Å². The van der Waals surface area contributed by atoms with Crippen molar-refractivity contribution < 1.29 is 9.47 Å². The number of ether oxygens (including phenoxy) is 2. The van der Waals surface area contributed by atoms with E-state index in [2.05, 4.69) is 32.9 Å². The third-order valence-corrected chi connectivity index (χ3v) is 4.22. The molecule has 2 unspecified atom stereocenters. The summed E-state index contributed by atoms with van der Waals surface area (Å²) in [6, 6.07) is 6.36. The molecule has 3 nitrogen and oxygen atoms in total. The van der Waals surface area contributed by atoms with E-state index in [1.54, 1.807) is 0 Å². The largest absolute Gasteiger partial charge is 0.490 e. The lowest BCUT2D eigenvalue weighted by atomic mass is 9.95. The van der Waals surface area contributed by atoms with Crippen LogP contribution in [0.15, 0.2) is 18.2 Å². The van der Waals surface area contributed by atoms with Gasteiger partial charge in [0.25, 0.3) is 0 Å². The summed E-state index contributed by atoms with van der Waals surface area (Å²) < 4.78 is 11.6. The molecule has 1 saturated carbocycles. The van der Waals surface area contributed by atoms with E-state index in [0.717, 1.165) is 44.1 Å². The van der Waals surface area contributed by atoms with Gasteiger partial charge in [-0.05, 0) is 54.8 Å². The third kappa shape index (κ3) is 3.09. The molecule has 0 aromatic heterocycles. The smallest absolute Gasteiger partial charge is 0.161 e. The van der Waals surface area contributed by atoms with Crippen LogP contribution in [0.3, 0.4) is 0 Å². The van der Waals surface area contributed by atoms with Gasteiger partial charge in [-0.1, -0.05) is 26.8 Å². The van der Waals surface area contributed by atoms with Crippen LogP contribution in [-0.4, -0.2) is 19.8 Å². The molecular formula is C17H27NO2. The van der Waals surface area contributed by atoms with Crippen LogP contribution in [0.25, 0.3) is 0 Å². The Hall–Kier alpha value is -1.22. The molecule has 1 aromatic rings. The molecule has 2 atom stereocenters. The minimum Gasteiger partial charge on any atom is -0.490 e. The summed E-state index contributed by atoms with van der Waals surface area (Å²) in [5.74, 6) is 2.34. The highest BCUT2D eigenvalue weighted by Gasteiger charge is 2.50. The predicted octanol–water partition coefficient (Wildman–Crippen LogP) is 3.50. The summed E-state index contributed by atoms with van der Waals surface area (Å²) in [7, 11) is 0. The Morgan fingerprint density at radius 2 is 1.80 bits per heavy atom. The Morgan fingerprint density at radius 1 is 1.15 bits per heavy atom. The van der Waals surface area contributed by atoms with E-state index in [0.29, 0.717) is 5.92 Å². The van der Waals surface area contributed by atoms with Crippen molar-refractivity contribution in [1.29, 1.82) is 0 Å². The average Bonchev–Trinajstić information content (AvgIpc) is 3.15. The van der Waals surface area contributed by atoms with Crippen molar-refractivity contribution >= 4 is 0 Å². The van der Waals surface area contributed by atoms with Gasteiger partial charge in [-0.2, -0.15) is 0 Å². The summed E-state index contributed by atoms with van der Waals surface area (Å²) in [5.41, 5.74) is 7.35. The molecule has 20 heavy (non-hydrogen) atoms. The summed E-state index contributed by atoms with van der Waals surface area (Å²) >= 11 is 0. The van der Waals surface area contributed by atoms with Crippen LogP contribution in [0.5, 0.6) is 11.5 Å². The van der Waals surface area contributed by atoms with Gasteiger partial charge in [0.1, 0.15) is 0 Å². The van der Waals surface area contributed by atoms with E-state index in [1.165, 1.54) is 12.0 Å². The van der Waals surface area contributed by atoms with Gasteiger partial charge in [-0.25, -0.2) is 0 Å². The molecule has 0 radical (unpaired) electrons. The molecular weight excluding hydrogens is 250 g/mol. The summed E-state index contributed by atoms with van der Waals surface area (Å²) in [6.07, 6.45) is 3.17. The maximum Gasteiger partial charge on any atom is 0.161 e. The highest BCUT2D eigenvalue weighted by atomic mass is 16.5. The van der Waals surface area contributed by atoms with Gasteiger partial charge in [-0.15, -0.1) is 0 Å². The second-order valence-corrected chi connectivity index (χ2v) is 5.91. The summed E-state index contributed by atoms with van der Waals surface area (Å²) in [5, 5.41) is 0. The lowest BCUT2D eigenvalue weighted by Crippen LogP contribution is -2.12. The van der Waals surface area contributed by atoms with Crippen LogP contribution in [0.4, 0.5) is 0 Å². The first-order valence-electron chi connectivity index (χ1n) is 7.75. The predicted molar refractivity (Wildman–Crippen MR) is 82.5 cm³/mol. The Labute approximate surface area is 122 Å². The second kappa shape index (κ2) is 6.49. The quantitative estimate of drug-likeness (QED) is 0.791. The lowest BCUT2D eigenvalue weighted by Gasteiger charge is -2.17. The molecule has 0 bridgehead atoms. The van der Waals surface area contributed by atoms with Gasteiger partial charge >= 0.3 is 0 Å². The van der Waals surface area contributed by atoms with Crippen LogP contribution >= 0.6 is 0 Å². The van der Waals surface area contributed by atoms with Crippen molar-refractivity contribution in [2.75, 3.05) is 19.8 Å². The molecule has 0 saturated heterocycles.